The van der Waals surface area contributed by atoms with Gasteiger partial charge in [0.15, 0.2) is 0 Å². The van der Waals surface area contributed by atoms with E-state index in [1.807, 2.05) is 6.07 Å². The van der Waals surface area contributed by atoms with Crippen LogP contribution in [0.4, 0.5) is 0 Å². The van der Waals surface area contributed by atoms with Crippen molar-refractivity contribution in [3.05, 3.63) is 45.2 Å². The number of ether oxygens (including phenoxy) is 1. The van der Waals surface area contributed by atoms with E-state index in [0.717, 1.165) is 4.47 Å². The van der Waals surface area contributed by atoms with Gasteiger partial charge in [0.1, 0.15) is 11.3 Å². The lowest BCUT2D eigenvalue weighted by Gasteiger charge is -2.03. The third-order valence-corrected chi connectivity index (χ3v) is 3.19. The first-order chi connectivity index (χ1) is 8.69. The van der Waals surface area contributed by atoms with Crippen LogP contribution in [0.25, 0.3) is 22.1 Å². The van der Waals surface area contributed by atoms with Gasteiger partial charge in [-0.2, -0.15) is 0 Å². The Bertz CT molecular complexity index is 810. The number of fused-ring (bicyclic) bond motifs is 2. The van der Waals surface area contributed by atoms with E-state index in [-0.39, 0.29) is 5.43 Å². The lowest BCUT2D eigenvalue weighted by Crippen LogP contribution is -2.03. The third-order valence-electron chi connectivity index (χ3n) is 2.70. The van der Waals surface area contributed by atoms with Crippen LogP contribution in [-0.2, 0) is 0 Å². The molecule has 0 fully saturated rings. The standard InChI is InChI=1S/C13H8BrNO3/c1-17-8-5-10-12(16)9-4-7(14)2-3-11(9)18-13(10)15-6-8/h2-6H,1H3. The molecule has 0 radical (unpaired) electrons. The van der Waals surface area contributed by atoms with E-state index in [1.54, 1.807) is 18.2 Å². The highest BCUT2D eigenvalue weighted by Crippen LogP contribution is 2.22. The first-order valence-electron chi connectivity index (χ1n) is 5.25. The number of rotatable bonds is 1. The van der Waals surface area contributed by atoms with Crippen molar-refractivity contribution in [2.45, 2.75) is 0 Å². The average molecular weight is 306 g/mol. The second-order valence-electron chi connectivity index (χ2n) is 3.80. The quantitative estimate of drug-likeness (QED) is 0.648. The fraction of sp³-hybridized carbons (Fsp3) is 0.0769. The number of methoxy groups -OCH3 is 1. The van der Waals surface area contributed by atoms with Gasteiger partial charge in [-0.1, -0.05) is 15.9 Å². The van der Waals surface area contributed by atoms with Gasteiger partial charge < -0.3 is 9.15 Å². The predicted octanol–water partition coefficient (Wildman–Crippen LogP) is 3.11. The topological polar surface area (TPSA) is 52.3 Å². The van der Waals surface area contributed by atoms with Crippen molar-refractivity contribution in [1.29, 1.82) is 0 Å². The van der Waals surface area contributed by atoms with Crippen LogP contribution in [-0.4, -0.2) is 12.1 Å². The van der Waals surface area contributed by atoms with Gasteiger partial charge in [0, 0.05) is 4.47 Å². The van der Waals surface area contributed by atoms with E-state index in [9.17, 15) is 4.79 Å². The molecule has 90 valence electrons. The highest BCUT2D eigenvalue weighted by Gasteiger charge is 2.09. The Morgan fingerprint density at radius 3 is 2.89 bits per heavy atom. The molecule has 3 rings (SSSR count). The summed E-state index contributed by atoms with van der Waals surface area (Å²) < 4.78 is 11.5. The van der Waals surface area contributed by atoms with Gasteiger partial charge in [-0.05, 0) is 24.3 Å². The Morgan fingerprint density at radius 1 is 1.28 bits per heavy atom. The van der Waals surface area contributed by atoms with Crippen LogP contribution in [0.3, 0.4) is 0 Å². The molecule has 0 aliphatic carbocycles. The molecule has 2 heterocycles. The number of aromatic nitrogens is 1. The molecule has 0 aliphatic rings. The Morgan fingerprint density at radius 2 is 2.11 bits per heavy atom. The SMILES string of the molecule is COc1cnc2oc3ccc(Br)cc3c(=O)c2c1. The molecule has 0 spiro atoms. The van der Waals surface area contributed by atoms with E-state index in [4.69, 9.17) is 9.15 Å². The fourth-order valence-corrected chi connectivity index (χ4v) is 2.17. The molecule has 0 saturated carbocycles. The molecule has 0 bridgehead atoms. The van der Waals surface area contributed by atoms with Crippen molar-refractivity contribution in [2.75, 3.05) is 7.11 Å². The molecule has 3 aromatic rings. The first kappa shape index (κ1) is 11.2. The second kappa shape index (κ2) is 4.10. The molecule has 1 aromatic carbocycles. The number of nitrogens with zero attached hydrogens (tertiary/aromatic N) is 1. The van der Waals surface area contributed by atoms with Crippen LogP contribution in [0.2, 0.25) is 0 Å². The average Bonchev–Trinajstić information content (AvgIpc) is 2.40. The summed E-state index contributed by atoms with van der Waals surface area (Å²) in [6.07, 6.45) is 1.52. The highest BCUT2D eigenvalue weighted by atomic mass is 79.9. The summed E-state index contributed by atoms with van der Waals surface area (Å²) in [6, 6.07) is 6.93. The van der Waals surface area contributed by atoms with Crippen LogP contribution in [0.1, 0.15) is 0 Å². The molecular weight excluding hydrogens is 298 g/mol. The van der Waals surface area contributed by atoms with E-state index >= 15 is 0 Å². The molecule has 4 nitrogen and oxygen atoms in total. The van der Waals surface area contributed by atoms with Crippen LogP contribution < -0.4 is 10.2 Å². The van der Waals surface area contributed by atoms with Crippen LogP contribution in [0, 0.1) is 0 Å². The minimum Gasteiger partial charge on any atom is -0.495 e. The van der Waals surface area contributed by atoms with Crippen LogP contribution in [0.5, 0.6) is 5.75 Å². The highest BCUT2D eigenvalue weighted by molar-refractivity contribution is 9.10. The number of pyridine rings is 1. The Kier molecular flexibility index (Phi) is 2.56. The molecule has 5 heteroatoms. The molecule has 0 aliphatic heterocycles. The molecule has 2 aromatic heterocycles. The summed E-state index contributed by atoms with van der Waals surface area (Å²) in [6.45, 7) is 0. The third kappa shape index (κ3) is 1.67. The fourth-order valence-electron chi connectivity index (χ4n) is 1.81. The number of hydrogen-bond acceptors (Lipinski definition) is 4. The van der Waals surface area contributed by atoms with Crippen molar-refractivity contribution >= 4 is 38.0 Å². The first-order valence-corrected chi connectivity index (χ1v) is 6.04. The van der Waals surface area contributed by atoms with Crippen molar-refractivity contribution in [3.63, 3.8) is 0 Å². The summed E-state index contributed by atoms with van der Waals surface area (Å²) in [7, 11) is 1.53. The summed E-state index contributed by atoms with van der Waals surface area (Å²) in [5, 5.41) is 0.937. The lowest BCUT2D eigenvalue weighted by molar-refractivity contribution is 0.413. The van der Waals surface area contributed by atoms with Gasteiger partial charge in [0.25, 0.3) is 0 Å². The van der Waals surface area contributed by atoms with Gasteiger partial charge in [-0.15, -0.1) is 0 Å². The summed E-state index contributed by atoms with van der Waals surface area (Å²) in [4.78, 5) is 16.4. The van der Waals surface area contributed by atoms with Gasteiger partial charge in [-0.25, -0.2) is 4.98 Å². The Hall–Kier alpha value is -1.88. The normalized spacial score (nSPS) is 11.0. The van der Waals surface area contributed by atoms with E-state index < -0.39 is 0 Å². The van der Waals surface area contributed by atoms with Crippen molar-refractivity contribution in [2.24, 2.45) is 0 Å². The summed E-state index contributed by atoms with van der Waals surface area (Å²) in [5.74, 6) is 0.532. The van der Waals surface area contributed by atoms with Gasteiger partial charge in [0.05, 0.1) is 24.1 Å². The smallest absolute Gasteiger partial charge is 0.230 e. The molecule has 0 unspecified atom stereocenters. The molecule has 18 heavy (non-hydrogen) atoms. The monoisotopic (exact) mass is 305 g/mol. The molecular formula is C13H8BrNO3. The minimum atomic E-state index is -0.112. The lowest BCUT2D eigenvalue weighted by atomic mass is 10.2. The maximum atomic E-state index is 12.3. The van der Waals surface area contributed by atoms with Crippen LogP contribution in [0.15, 0.2) is 44.1 Å². The molecule has 0 N–H and O–H groups in total. The number of benzene rings is 1. The molecule has 0 amide bonds. The number of halogens is 1. The molecule has 0 saturated heterocycles. The van der Waals surface area contributed by atoms with Crippen molar-refractivity contribution in [1.82, 2.24) is 4.98 Å². The Balaban J connectivity index is 2.49. The Labute approximate surface area is 110 Å². The number of hydrogen-bond donors (Lipinski definition) is 0. The zero-order valence-corrected chi connectivity index (χ0v) is 11.0. The second-order valence-corrected chi connectivity index (χ2v) is 4.72. The van der Waals surface area contributed by atoms with Crippen LogP contribution >= 0.6 is 15.9 Å². The minimum absolute atomic E-state index is 0.112. The van der Waals surface area contributed by atoms with Gasteiger partial charge in [-0.3, -0.25) is 4.79 Å². The van der Waals surface area contributed by atoms with E-state index in [0.29, 0.717) is 27.8 Å². The zero-order valence-electron chi connectivity index (χ0n) is 9.44. The summed E-state index contributed by atoms with van der Waals surface area (Å²) >= 11 is 3.34. The van der Waals surface area contributed by atoms with E-state index in [1.165, 1.54) is 13.3 Å². The van der Waals surface area contributed by atoms with E-state index in [2.05, 4.69) is 20.9 Å². The van der Waals surface area contributed by atoms with Crippen molar-refractivity contribution in [3.8, 4) is 5.75 Å². The molecule has 0 atom stereocenters. The maximum Gasteiger partial charge on any atom is 0.230 e. The van der Waals surface area contributed by atoms with Crippen molar-refractivity contribution < 1.29 is 9.15 Å². The maximum absolute atomic E-state index is 12.3. The van der Waals surface area contributed by atoms with Gasteiger partial charge in [0.2, 0.25) is 11.1 Å². The zero-order chi connectivity index (χ0) is 12.7. The van der Waals surface area contributed by atoms with Gasteiger partial charge >= 0.3 is 0 Å². The predicted molar refractivity (Wildman–Crippen MR) is 72.0 cm³/mol. The summed E-state index contributed by atoms with van der Waals surface area (Å²) in [5.41, 5.74) is 0.725. The largest absolute Gasteiger partial charge is 0.495 e.